The predicted molar refractivity (Wildman–Crippen MR) is 82.8 cm³/mol. The van der Waals surface area contributed by atoms with Gasteiger partial charge < -0.3 is 0 Å². The van der Waals surface area contributed by atoms with E-state index in [1.165, 1.54) is 57.8 Å². The molecule has 0 nitrogen and oxygen atoms in total. The summed E-state index contributed by atoms with van der Waals surface area (Å²) < 4.78 is 0. The Kier molecular flexibility index (Phi) is 6.74. The van der Waals surface area contributed by atoms with Crippen LogP contribution in [0.3, 0.4) is 0 Å². The molecule has 0 bridgehead atoms. The fourth-order valence-corrected chi connectivity index (χ4v) is 4.31. The van der Waals surface area contributed by atoms with Crippen LogP contribution in [-0.2, 0) is 0 Å². The van der Waals surface area contributed by atoms with E-state index in [4.69, 9.17) is 0 Å². The lowest BCUT2D eigenvalue weighted by molar-refractivity contribution is 0.0482. The SMILES string of the molecule is CCCCC(CC)(CCC)C1CCC(C)C(C)C1. The summed E-state index contributed by atoms with van der Waals surface area (Å²) in [5.41, 5.74) is 0.680. The van der Waals surface area contributed by atoms with Crippen molar-refractivity contribution in [3.8, 4) is 0 Å². The molecule has 4 atom stereocenters. The van der Waals surface area contributed by atoms with Gasteiger partial charge in [-0.25, -0.2) is 0 Å². The van der Waals surface area contributed by atoms with Crippen LogP contribution in [-0.4, -0.2) is 0 Å². The highest BCUT2D eigenvalue weighted by atomic mass is 14.4. The van der Waals surface area contributed by atoms with Crippen molar-refractivity contribution in [3.63, 3.8) is 0 Å². The van der Waals surface area contributed by atoms with Crippen LogP contribution in [0.15, 0.2) is 0 Å². The molecule has 1 aliphatic rings. The summed E-state index contributed by atoms with van der Waals surface area (Å²) in [7, 11) is 0. The number of hydrogen-bond donors (Lipinski definition) is 0. The van der Waals surface area contributed by atoms with Crippen molar-refractivity contribution in [1.29, 1.82) is 0 Å². The first-order valence-electron chi connectivity index (χ1n) is 8.59. The standard InChI is InChI=1S/C18H36/c1-6-9-13-18(8-3,12-7-2)17-11-10-15(4)16(5)14-17/h15-17H,6-14H2,1-5H3. The fourth-order valence-electron chi connectivity index (χ4n) is 4.31. The second-order valence-corrected chi connectivity index (χ2v) is 7.03. The minimum absolute atomic E-state index is 0.680. The highest BCUT2D eigenvalue weighted by Crippen LogP contribution is 2.50. The molecular weight excluding hydrogens is 216 g/mol. The fraction of sp³-hybridized carbons (Fsp3) is 1.00. The van der Waals surface area contributed by atoms with Crippen molar-refractivity contribution < 1.29 is 0 Å². The molecular formula is C18H36. The van der Waals surface area contributed by atoms with E-state index < -0.39 is 0 Å². The first-order valence-corrected chi connectivity index (χ1v) is 8.59. The van der Waals surface area contributed by atoms with Gasteiger partial charge in [-0.05, 0) is 48.9 Å². The predicted octanol–water partition coefficient (Wildman–Crippen LogP) is 6.45. The summed E-state index contributed by atoms with van der Waals surface area (Å²) >= 11 is 0. The van der Waals surface area contributed by atoms with E-state index >= 15 is 0 Å². The second kappa shape index (κ2) is 7.56. The Labute approximate surface area is 116 Å². The smallest absolute Gasteiger partial charge is 0.0272 e. The zero-order chi connectivity index (χ0) is 13.6. The maximum absolute atomic E-state index is 2.49. The van der Waals surface area contributed by atoms with Gasteiger partial charge in [0.05, 0.1) is 0 Å². The van der Waals surface area contributed by atoms with Gasteiger partial charge in [-0.3, -0.25) is 0 Å². The van der Waals surface area contributed by atoms with Crippen molar-refractivity contribution in [3.05, 3.63) is 0 Å². The maximum Gasteiger partial charge on any atom is -0.0272 e. The third kappa shape index (κ3) is 3.75. The van der Waals surface area contributed by atoms with Crippen molar-refractivity contribution in [2.24, 2.45) is 23.2 Å². The maximum atomic E-state index is 2.49. The summed E-state index contributed by atoms with van der Waals surface area (Å²) in [5, 5.41) is 0. The molecule has 0 aromatic carbocycles. The monoisotopic (exact) mass is 252 g/mol. The summed E-state index contributed by atoms with van der Waals surface area (Å²) in [5.74, 6) is 2.93. The van der Waals surface area contributed by atoms with Gasteiger partial charge in [0.2, 0.25) is 0 Å². The molecule has 4 unspecified atom stereocenters. The van der Waals surface area contributed by atoms with Crippen molar-refractivity contribution in [1.82, 2.24) is 0 Å². The lowest BCUT2D eigenvalue weighted by atomic mass is 9.59. The van der Waals surface area contributed by atoms with Crippen LogP contribution >= 0.6 is 0 Å². The highest BCUT2D eigenvalue weighted by molar-refractivity contribution is 4.89. The Hall–Kier alpha value is 0. The minimum Gasteiger partial charge on any atom is -0.0654 e. The lowest BCUT2D eigenvalue weighted by Crippen LogP contribution is -2.35. The molecule has 0 saturated heterocycles. The van der Waals surface area contributed by atoms with Gasteiger partial charge in [0.1, 0.15) is 0 Å². The van der Waals surface area contributed by atoms with E-state index in [2.05, 4.69) is 34.6 Å². The van der Waals surface area contributed by atoms with Crippen LogP contribution in [0.2, 0.25) is 0 Å². The van der Waals surface area contributed by atoms with Crippen molar-refractivity contribution in [2.75, 3.05) is 0 Å². The quantitative estimate of drug-likeness (QED) is 0.488. The van der Waals surface area contributed by atoms with Gasteiger partial charge in [-0.15, -0.1) is 0 Å². The van der Waals surface area contributed by atoms with E-state index in [0.717, 1.165) is 17.8 Å². The Bertz CT molecular complexity index is 220. The summed E-state index contributed by atoms with van der Waals surface area (Å²) in [4.78, 5) is 0. The summed E-state index contributed by atoms with van der Waals surface area (Å²) in [6.07, 6.45) is 13.0. The van der Waals surface area contributed by atoms with Crippen LogP contribution in [0, 0.1) is 23.2 Å². The number of rotatable bonds is 7. The molecule has 18 heavy (non-hydrogen) atoms. The molecule has 108 valence electrons. The number of hydrogen-bond acceptors (Lipinski definition) is 0. The normalized spacial score (nSPS) is 32.2. The topological polar surface area (TPSA) is 0 Å². The van der Waals surface area contributed by atoms with Gasteiger partial charge in [0, 0.05) is 0 Å². The second-order valence-electron chi connectivity index (χ2n) is 7.03. The molecule has 1 rings (SSSR count). The van der Waals surface area contributed by atoms with E-state index in [1.54, 1.807) is 0 Å². The van der Waals surface area contributed by atoms with Crippen LogP contribution in [0.4, 0.5) is 0 Å². The average Bonchev–Trinajstić information content (AvgIpc) is 2.38. The van der Waals surface area contributed by atoms with Crippen LogP contribution in [0.1, 0.15) is 92.4 Å². The third-order valence-corrected chi connectivity index (χ3v) is 5.94. The van der Waals surface area contributed by atoms with E-state index in [9.17, 15) is 0 Å². The largest absolute Gasteiger partial charge is 0.0654 e. The van der Waals surface area contributed by atoms with Crippen molar-refractivity contribution >= 4 is 0 Å². The number of unbranched alkanes of at least 4 members (excludes halogenated alkanes) is 1. The van der Waals surface area contributed by atoms with Crippen molar-refractivity contribution in [2.45, 2.75) is 92.4 Å². The zero-order valence-electron chi connectivity index (χ0n) is 13.6. The van der Waals surface area contributed by atoms with Gasteiger partial charge in [0.15, 0.2) is 0 Å². The van der Waals surface area contributed by atoms with Gasteiger partial charge in [0.25, 0.3) is 0 Å². The highest BCUT2D eigenvalue weighted by Gasteiger charge is 2.39. The third-order valence-electron chi connectivity index (χ3n) is 5.94. The molecule has 0 N–H and O–H groups in total. The lowest BCUT2D eigenvalue weighted by Gasteiger charge is -2.46. The molecule has 1 aliphatic carbocycles. The Morgan fingerprint density at radius 1 is 0.889 bits per heavy atom. The Morgan fingerprint density at radius 2 is 1.61 bits per heavy atom. The Morgan fingerprint density at radius 3 is 2.11 bits per heavy atom. The van der Waals surface area contributed by atoms with Gasteiger partial charge in [-0.1, -0.05) is 66.7 Å². The molecule has 0 spiro atoms. The molecule has 1 saturated carbocycles. The van der Waals surface area contributed by atoms with Crippen LogP contribution in [0.25, 0.3) is 0 Å². The molecule has 0 aliphatic heterocycles. The van der Waals surface area contributed by atoms with Gasteiger partial charge >= 0.3 is 0 Å². The molecule has 0 radical (unpaired) electrons. The Balaban J connectivity index is 2.74. The molecule has 0 amide bonds. The van der Waals surface area contributed by atoms with E-state index in [-0.39, 0.29) is 0 Å². The van der Waals surface area contributed by atoms with Gasteiger partial charge in [-0.2, -0.15) is 0 Å². The molecule has 0 aromatic rings. The first kappa shape index (κ1) is 16.1. The first-order chi connectivity index (χ1) is 8.59. The molecule has 0 aromatic heterocycles. The summed E-state index contributed by atoms with van der Waals surface area (Å²) in [6, 6.07) is 0. The molecule has 0 heteroatoms. The molecule has 0 heterocycles. The van der Waals surface area contributed by atoms with Crippen LogP contribution in [0.5, 0.6) is 0 Å². The van der Waals surface area contributed by atoms with E-state index in [1.807, 2.05) is 0 Å². The summed E-state index contributed by atoms with van der Waals surface area (Å²) in [6.45, 7) is 12.1. The zero-order valence-corrected chi connectivity index (χ0v) is 13.6. The minimum atomic E-state index is 0.680. The van der Waals surface area contributed by atoms with E-state index in [0.29, 0.717) is 5.41 Å². The van der Waals surface area contributed by atoms with Crippen LogP contribution < -0.4 is 0 Å². The average molecular weight is 252 g/mol. The molecule has 1 fully saturated rings.